The van der Waals surface area contributed by atoms with Crippen molar-refractivity contribution in [1.29, 1.82) is 0 Å². The smallest absolute Gasteiger partial charge is 0.165 e. The van der Waals surface area contributed by atoms with Crippen LogP contribution in [0.4, 0.5) is 0 Å². The van der Waals surface area contributed by atoms with Crippen LogP contribution in [0.5, 0.6) is 11.5 Å². The Morgan fingerprint density at radius 1 is 1.29 bits per heavy atom. The molecule has 0 saturated carbocycles. The molecular weight excluding hydrogens is 216 g/mol. The molecule has 0 fully saturated rings. The quantitative estimate of drug-likeness (QED) is 0.824. The van der Waals surface area contributed by atoms with Gasteiger partial charge in [-0.15, -0.1) is 0 Å². The van der Waals surface area contributed by atoms with Gasteiger partial charge in [0.25, 0.3) is 0 Å². The highest BCUT2D eigenvalue weighted by Gasteiger charge is 2.11. The number of aromatic hydroxyl groups is 1. The van der Waals surface area contributed by atoms with Gasteiger partial charge < -0.3 is 9.84 Å². The molecule has 3 heteroatoms. The highest BCUT2D eigenvalue weighted by Crippen LogP contribution is 2.36. The van der Waals surface area contributed by atoms with Gasteiger partial charge in [0, 0.05) is 10.9 Å². The van der Waals surface area contributed by atoms with Crippen molar-refractivity contribution in [2.24, 2.45) is 0 Å². The lowest BCUT2D eigenvalue weighted by Crippen LogP contribution is -1.91. The summed E-state index contributed by atoms with van der Waals surface area (Å²) in [5, 5.41) is 11.5. The Morgan fingerprint density at radius 3 is 2.65 bits per heavy atom. The number of ether oxygens (including phenoxy) is 1. The van der Waals surface area contributed by atoms with Gasteiger partial charge in [-0.25, -0.2) is 0 Å². The first-order valence-electron chi connectivity index (χ1n) is 5.49. The van der Waals surface area contributed by atoms with Gasteiger partial charge in [-0.1, -0.05) is 19.1 Å². The number of carbonyl (C=O) groups is 1. The minimum atomic E-state index is 0.0865. The predicted octanol–water partition coefficient (Wildman–Crippen LogP) is 2.93. The predicted molar refractivity (Wildman–Crippen MR) is 66.9 cm³/mol. The normalized spacial score (nSPS) is 10.5. The van der Waals surface area contributed by atoms with Gasteiger partial charge in [0.05, 0.1) is 7.11 Å². The summed E-state index contributed by atoms with van der Waals surface area (Å²) in [5.41, 5.74) is 1.63. The lowest BCUT2D eigenvalue weighted by Gasteiger charge is -2.10. The molecule has 88 valence electrons. The third-order valence-corrected chi connectivity index (χ3v) is 2.93. The molecule has 0 bridgehead atoms. The second kappa shape index (κ2) is 4.45. The van der Waals surface area contributed by atoms with Gasteiger partial charge in [-0.2, -0.15) is 0 Å². The lowest BCUT2D eigenvalue weighted by molar-refractivity contribution is 0.112. The van der Waals surface area contributed by atoms with E-state index in [1.54, 1.807) is 6.07 Å². The number of rotatable bonds is 3. The van der Waals surface area contributed by atoms with E-state index in [4.69, 9.17) is 4.74 Å². The molecule has 2 aromatic carbocycles. The topological polar surface area (TPSA) is 46.5 Å². The molecule has 2 aromatic rings. The molecule has 1 N–H and O–H groups in total. The molecule has 17 heavy (non-hydrogen) atoms. The molecule has 0 amide bonds. The van der Waals surface area contributed by atoms with Gasteiger partial charge >= 0.3 is 0 Å². The maximum absolute atomic E-state index is 11.0. The maximum atomic E-state index is 11.0. The third-order valence-electron chi connectivity index (χ3n) is 2.93. The number of hydrogen-bond donors (Lipinski definition) is 1. The fourth-order valence-corrected chi connectivity index (χ4v) is 1.93. The van der Waals surface area contributed by atoms with Gasteiger partial charge in [-0.05, 0) is 29.5 Å². The summed E-state index contributed by atoms with van der Waals surface area (Å²) in [5.74, 6) is 0.413. The summed E-state index contributed by atoms with van der Waals surface area (Å²) in [4.78, 5) is 11.0. The van der Waals surface area contributed by atoms with E-state index in [1.807, 2.05) is 25.1 Å². The average molecular weight is 230 g/mol. The summed E-state index contributed by atoms with van der Waals surface area (Å²) in [7, 11) is 1.47. The number of phenolic OH excluding ortho intramolecular Hbond substituents is 1. The largest absolute Gasteiger partial charge is 0.504 e. The minimum absolute atomic E-state index is 0.0865. The molecule has 0 radical (unpaired) electrons. The van der Waals surface area contributed by atoms with E-state index in [1.165, 1.54) is 7.11 Å². The number of fused-ring (bicyclic) bond motifs is 1. The number of carbonyl (C=O) groups excluding carboxylic acids is 1. The van der Waals surface area contributed by atoms with Crippen molar-refractivity contribution in [3.05, 3.63) is 35.4 Å². The number of benzene rings is 2. The molecule has 2 rings (SSSR count). The molecule has 0 aliphatic carbocycles. The van der Waals surface area contributed by atoms with E-state index in [-0.39, 0.29) is 5.75 Å². The standard InChI is InChI=1S/C14H14O3/c1-3-9-4-5-11-10(8-15)7-13(17-2)14(16)12(11)6-9/h4-8,16H,3H2,1-2H3. The van der Waals surface area contributed by atoms with E-state index >= 15 is 0 Å². The fraction of sp³-hybridized carbons (Fsp3) is 0.214. The zero-order valence-electron chi connectivity index (χ0n) is 9.86. The van der Waals surface area contributed by atoms with Crippen LogP contribution in [0.25, 0.3) is 10.8 Å². The minimum Gasteiger partial charge on any atom is -0.504 e. The van der Waals surface area contributed by atoms with Crippen molar-refractivity contribution in [3.8, 4) is 11.5 Å². The Hall–Kier alpha value is -2.03. The van der Waals surface area contributed by atoms with Gasteiger partial charge in [0.1, 0.15) is 0 Å². The summed E-state index contributed by atoms with van der Waals surface area (Å²) in [6.07, 6.45) is 1.65. The third kappa shape index (κ3) is 1.84. The molecule has 0 aromatic heterocycles. The van der Waals surface area contributed by atoms with Crippen LogP contribution in [0.15, 0.2) is 24.3 Å². The highest BCUT2D eigenvalue weighted by atomic mass is 16.5. The zero-order chi connectivity index (χ0) is 12.4. The van der Waals surface area contributed by atoms with E-state index in [0.29, 0.717) is 16.7 Å². The van der Waals surface area contributed by atoms with Crippen LogP contribution >= 0.6 is 0 Å². The number of methoxy groups -OCH3 is 1. The number of hydrogen-bond acceptors (Lipinski definition) is 3. The Labute approximate surface area is 99.6 Å². The van der Waals surface area contributed by atoms with E-state index in [0.717, 1.165) is 23.7 Å². The molecular formula is C14H14O3. The van der Waals surface area contributed by atoms with Gasteiger partial charge in [0.2, 0.25) is 0 Å². The van der Waals surface area contributed by atoms with Crippen LogP contribution in [0.2, 0.25) is 0 Å². The van der Waals surface area contributed by atoms with Crippen LogP contribution in [0.3, 0.4) is 0 Å². The summed E-state index contributed by atoms with van der Waals surface area (Å²) in [6.45, 7) is 2.04. The van der Waals surface area contributed by atoms with Crippen molar-refractivity contribution < 1.29 is 14.6 Å². The Kier molecular flexibility index (Phi) is 3.00. The second-order valence-corrected chi connectivity index (χ2v) is 3.87. The van der Waals surface area contributed by atoms with E-state index in [2.05, 4.69) is 0 Å². The molecule has 0 aliphatic heterocycles. The molecule has 0 saturated heterocycles. The van der Waals surface area contributed by atoms with Gasteiger partial charge in [-0.3, -0.25) is 4.79 Å². The maximum Gasteiger partial charge on any atom is 0.165 e. The molecule has 0 spiro atoms. The number of aldehydes is 1. The lowest BCUT2D eigenvalue weighted by atomic mass is 10.0. The Bertz CT molecular complexity index is 573. The van der Waals surface area contributed by atoms with Crippen molar-refractivity contribution >= 4 is 17.1 Å². The Balaban J connectivity index is 2.84. The highest BCUT2D eigenvalue weighted by molar-refractivity contribution is 6.02. The molecule has 0 aliphatic rings. The van der Waals surface area contributed by atoms with Crippen molar-refractivity contribution in [3.63, 3.8) is 0 Å². The van der Waals surface area contributed by atoms with E-state index < -0.39 is 0 Å². The zero-order valence-corrected chi connectivity index (χ0v) is 9.86. The van der Waals surface area contributed by atoms with Crippen molar-refractivity contribution in [1.82, 2.24) is 0 Å². The first-order valence-corrected chi connectivity index (χ1v) is 5.49. The van der Waals surface area contributed by atoms with Crippen LogP contribution in [0.1, 0.15) is 22.8 Å². The molecule has 3 nitrogen and oxygen atoms in total. The second-order valence-electron chi connectivity index (χ2n) is 3.87. The number of aryl methyl sites for hydroxylation is 1. The number of phenols is 1. The average Bonchev–Trinajstić information content (AvgIpc) is 2.39. The summed E-state index contributed by atoms with van der Waals surface area (Å²) < 4.78 is 5.06. The SMILES string of the molecule is CCc1ccc2c(C=O)cc(OC)c(O)c2c1. The van der Waals surface area contributed by atoms with Crippen LogP contribution in [-0.2, 0) is 6.42 Å². The van der Waals surface area contributed by atoms with Gasteiger partial charge in [0.15, 0.2) is 17.8 Å². The molecule has 0 atom stereocenters. The van der Waals surface area contributed by atoms with Crippen LogP contribution < -0.4 is 4.74 Å². The first kappa shape index (κ1) is 11.5. The van der Waals surface area contributed by atoms with E-state index in [9.17, 15) is 9.90 Å². The van der Waals surface area contributed by atoms with Crippen molar-refractivity contribution in [2.45, 2.75) is 13.3 Å². The summed E-state index contributed by atoms with van der Waals surface area (Å²) >= 11 is 0. The first-order chi connectivity index (χ1) is 8.21. The van der Waals surface area contributed by atoms with Crippen LogP contribution in [-0.4, -0.2) is 18.5 Å². The summed E-state index contributed by atoms with van der Waals surface area (Å²) in [6, 6.07) is 7.26. The van der Waals surface area contributed by atoms with Crippen molar-refractivity contribution in [2.75, 3.05) is 7.11 Å². The fourth-order valence-electron chi connectivity index (χ4n) is 1.93. The monoisotopic (exact) mass is 230 g/mol. The molecule has 0 unspecified atom stereocenters. The Morgan fingerprint density at radius 2 is 2.06 bits per heavy atom. The van der Waals surface area contributed by atoms with Crippen LogP contribution in [0, 0.1) is 0 Å². The molecule has 0 heterocycles.